The summed E-state index contributed by atoms with van der Waals surface area (Å²) in [6.07, 6.45) is 7.43. The summed E-state index contributed by atoms with van der Waals surface area (Å²) in [5, 5.41) is 0. The number of rotatable bonds is 9. The van der Waals surface area contributed by atoms with Gasteiger partial charge in [-0.25, -0.2) is 0 Å². The molecule has 2 N–H and O–H groups in total. The van der Waals surface area contributed by atoms with Crippen LogP contribution in [0.2, 0.25) is 0 Å². The maximum absolute atomic E-state index is 6.31. The molecule has 0 bridgehead atoms. The largest absolute Gasteiger partial charge is 0.494 e. The van der Waals surface area contributed by atoms with Gasteiger partial charge in [-0.2, -0.15) is 0 Å². The second-order valence-electron chi connectivity index (χ2n) is 4.92. The molecule has 2 nitrogen and oxygen atoms in total. The summed E-state index contributed by atoms with van der Waals surface area (Å²) in [7, 11) is 0. The molecule has 1 unspecified atom stereocenters. The van der Waals surface area contributed by atoms with Crippen LogP contribution in [0.1, 0.15) is 64.0 Å². The van der Waals surface area contributed by atoms with Crippen molar-refractivity contribution in [3.8, 4) is 5.75 Å². The normalized spacial score (nSPS) is 12.4. The van der Waals surface area contributed by atoms with E-state index in [0.29, 0.717) is 6.61 Å². The van der Waals surface area contributed by atoms with Gasteiger partial charge in [-0.3, -0.25) is 0 Å². The van der Waals surface area contributed by atoms with Crippen LogP contribution in [-0.4, -0.2) is 6.61 Å². The molecule has 0 heterocycles. The zero-order valence-electron chi connectivity index (χ0n) is 12.1. The van der Waals surface area contributed by atoms with Crippen molar-refractivity contribution in [1.82, 2.24) is 0 Å². The van der Waals surface area contributed by atoms with Crippen LogP contribution in [0.3, 0.4) is 0 Å². The molecule has 19 heavy (non-hydrogen) atoms. The highest BCUT2D eigenvalue weighted by atomic mass is 79.9. The Morgan fingerprint density at radius 3 is 2.58 bits per heavy atom. The fraction of sp³-hybridized carbons (Fsp3) is 0.625. The molecular formula is C16H26BrNO. The van der Waals surface area contributed by atoms with Crippen LogP contribution < -0.4 is 10.5 Å². The van der Waals surface area contributed by atoms with Gasteiger partial charge in [0.15, 0.2) is 0 Å². The monoisotopic (exact) mass is 327 g/mol. The first-order valence-electron chi connectivity index (χ1n) is 7.36. The first-order chi connectivity index (χ1) is 9.19. The van der Waals surface area contributed by atoms with Crippen molar-refractivity contribution in [2.75, 3.05) is 6.61 Å². The molecule has 0 saturated carbocycles. The fourth-order valence-electron chi connectivity index (χ4n) is 2.22. The van der Waals surface area contributed by atoms with E-state index in [4.69, 9.17) is 10.5 Å². The lowest BCUT2D eigenvalue weighted by molar-refractivity contribution is 0.333. The predicted molar refractivity (Wildman–Crippen MR) is 85.6 cm³/mol. The van der Waals surface area contributed by atoms with E-state index < -0.39 is 0 Å². The number of benzene rings is 1. The van der Waals surface area contributed by atoms with E-state index in [1.54, 1.807) is 0 Å². The molecule has 0 spiro atoms. The van der Waals surface area contributed by atoms with Gasteiger partial charge in [0.2, 0.25) is 0 Å². The summed E-state index contributed by atoms with van der Waals surface area (Å²) in [5.74, 6) is 0.923. The Bertz CT molecular complexity index is 368. The SMILES string of the molecule is CCCCCCCC(N)c1cc(Br)ccc1OCC. The topological polar surface area (TPSA) is 35.2 Å². The molecule has 0 saturated heterocycles. The van der Waals surface area contributed by atoms with E-state index in [1.165, 1.54) is 32.1 Å². The molecule has 0 fully saturated rings. The van der Waals surface area contributed by atoms with Crippen LogP contribution in [0, 0.1) is 0 Å². The lowest BCUT2D eigenvalue weighted by atomic mass is 10.00. The molecule has 1 aromatic rings. The molecule has 3 heteroatoms. The van der Waals surface area contributed by atoms with E-state index in [0.717, 1.165) is 22.2 Å². The maximum Gasteiger partial charge on any atom is 0.124 e. The van der Waals surface area contributed by atoms with Crippen molar-refractivity contribution in [2.45, 2.75) is 58.4 Å². The molecular weight excluding hydrogens is 302 g/mol. The summed E-state index contributed by atoms with van der Waals surface area (Å²) in [6, 6.07) is 6.16. The third-order valence-electron chi connectivity index (χ3n) is 3.29. The fourth-order valence-corrected chi connectivity index (χ4v) is 2.60. The van der Waals surface area contributed by atoms with Crippen LogP contribution in [0.15, 0.2) is 22.7 Å². The molecule has 0 radical (unpaired) electrons. The van der Waals surface area contributed by atoms with Crippen molar-refractivity contribution in [2.24, 2.45) is 5.73 Å². The van der Waals surface area contributed by atoms with Crippen molar-refractivity contribution in [3.63, 3.8) is 0 Å². The average molecular weight is 328 g/mol. The minimum Gasteiger partial charge on any atom is -0.494 e. The maximum atomic E-state index is 6.31. The molecule has 0 aromatic heterocycles. The minimum absolute atomic E-state index is 0.0701. The zero-order valence-corrected chi connectivity index (χ0v) is 13.7. The van der Waals surface area contributed by atoms with E-state index in [2.05, 4.69) is 28.9 Å². The standard InChI is InChI=1S/C16H26BrNO/c1-3-5-6-7-8-9-15(18)14-12-13(17)10-11-16(14)19-4-2/h10-12,15H,3-9,18H2,1-2H3. The van der Waals surface area contributed by atoms with Gasteiger partial charge in [0.1, 0.15) is 5.75 Å². The summed E-state index contributed by atoms with van der Waals surface area (Å²) >= 11 is 3.51. The number of hydrogen-bond acceptors (Lipinski definition) is 2. The second-order valence-corrected chi connectivity index (χ2v) is 5.84. The van der Waals surface area contributed by atoms with E-state index in [9.17, 15) is 0 Å². The van der Waals surface area contributed by atoms with Gasteiger partial charge in [0, 0.05) is 16.1 Å². The van der Waals surface area contributed by atoms with Crippen LogP contribution >= 0.6 is 15.9 Å². The molecule has 0 aliphatic rings. The van der Waals surface area contributed by atoms with Crippen LogP contribution in [0.4, 0.5) is 0 Å². The Labute approximate surface area is 125 Å². The van der Waals surface area contributed by atoms with Gasteiger partial charge in [-0.05, 0) is 31.5 Å². The number of ether oxygens (including phenoxy) is 1. The number of hydrogen-bond donors (Lipinski definition) is 1. The summed E-state index contributed by atoms with van der Waals surface area (Å²) < 4.78 is 6.72. The van der Waals surface area contributed by atoms with Crippen molar-refractivity contribution in [1.29, 1.82) is 0 Å². The first-order valence-corrected chi connectivity index (χ1v) is 8.16. The van der Waals surface area contributed by atoms with Gasteiger partial charge in [-0.1, -0.05) is 55.0 Å². The van der Waals surface area contributed by atoms with Crippen molar-refractivity contribution < 1.29 is 4.74 Å². The summed E-state index contributed by atoms with van der Waals surface area (Å²) in [6.45, 7) is 4.92. The summed E-state index contributed by atoms with van der Waals surface area (Å²) in [5.41, 5.74) is 7.43. The average Bonchev–Trinajstić information content (AvgIpc) is 2.40. The second kappa shape index (κ2) is 9.38. The number of nitrogens with two attached hydrogens (primary N) is 1. The predicted octanol–water partition coefficient (Wildman–Crippen LogP) is 5.21. The quantitative estimate of drug-likeness (QED) is 0.632. The Hall–Kier alpha value is -0.540. The highest BCUT2D eigenvalue weighted by molar-refractivity contribution is 9.10. The molecule has 1 rings (SSSR count). The number of halogens is 1. The molecule has 108 valence electrons. The molecule has 1 atom stereocenters. The molecule has 1 aromatic carbocycles. The van der Waals surface area contributed by atoms with Crippen molar-refractivity contribution >= 4 is 15.9 Å². The Morgan fingerprint density at radius 1 is 1.16 bits per heavy atom. The Balaban J connectivity index is 2.54. The van der Waals surface area contributed by atoms with E-state index in [-0.39, 0.29) is 6.04 Å². The van der Waals surface area contributed by atoms with Gasteiger partial charge >= 0.3 is 0 Å². The summed E-state index contributed by atoms with van der Waals surface area (Å²) in [4.78, 5) is 0. The van der Waals surface area contributed by atoms with Gasteiger partial charge in [0.05, 0.1) is 6.61 Å². The van der Waals surface area contributed by atoms with E-state index >= 15 is 0 Å². The Morgan fingerprint density at radius 2 is 1.89 bits per heavy atom. The highest BCUT2D eigenvalue weighted by Gasteiger charge is 2.12. The highest BCUT2D eigenvalue weighted by Crippen LogP contribution is 2.30. The van der Waals surface area contributed by atoms with Gasteiger partial charge in [0.25, 0.3) is 0 Å². The van der Waals surface area contributed by atoms with Gasteiger partial charge < -0.3 is 10.5 Å². The third kappa shape index (κ3) is 5.96. The lowest BCUT2D eigenvalue weighted by Crippen LogP contribution is -2.12. The zero-order chi connectivity index (χ0) is 14.1. The van der Waals surface area contributed by atoms with E-state index in [1.807, 2.05) is 19.1 Å². The van der Waals surface area contributed by atoms with Crippen LogP contribution in [0.5, 0.6) is 5.75 Å². The number of unbranched alkanes of at least 4 members (excludes halogenated alkanes) is 4. The molecule has 0 aliphatic carbocycles. The van der Waals surface area contributed by atoms with Crippen LogP contribution in [0.25, 0.3) is 0 Å². The minimum atomic E-state index is 0.0701. The molecule has 0 amide bonds. The van der Waals surface area contributed by atoms with Gasteiger partial charge in [-0.15, -0.1) is 0 Å². The Kier molecular flexibility index (Phi) is 8.15. The lowest BCUT2D eigenvalue weighted by Gasteiger charge is -2.17. The first kappa shape index (κ1) is 16.5. The van der Waals surface area contributed by atoms with Crippen molar-refractivity contribution in [3.05, 3.63) is 28.2 Å². The van der Waals surface area contributed by atoms with Crippen LogP contribution in [-0.2, 0) is 0 Å². The third-order valence-corrected chi connectivity index (χ3v) is 3.78. The molecule has 0 aliphatic heterocycles. The smallest absolute Gasteiger partial charge is 0.124 e.